The fourth-order valence-corrected chi connectivity index (χ4v) is 3.88. The van der Waals surface area contributed by atoms with E-state index in [4.69, 9.17) is 15.4 Å². The predicted molar refractivity (Wildman–Crippen MR) is 88.3 cm³/mol. The quantitative estimate of drug-likeness (QED) is 0.833. The number of anilines is 1. The fraction of sp³-hybridized carbons (Fsp3) is 0.333. The first-order valence-electron chi connectivity index (χ1n) is 7.37. The summed E-state index contributed by atoms with van der Waals surface area (Å²) < 4.78 is 30.8. The SMILES string of the molecule is O=S(Cl)c1cc(F)ccc1Oc1cncnc1N1CC2(CNC2)C1. The molecule has 1 spiro atoms. The highest BCUT2D eigenvalue weighted by Crippen LogP contribution is 2.41. The highest BCUT2D eigenvalue weighted by Gasteiger charge is 2.48. The van der Waals surface area contributed by atoms with E-state index in [9.17, 15) is 8.60 Å². The van der Waals surface area contributed by atoms with Gasteiger partial charge in [0.2, 0.25) is 0 Å². The number of nitrogens with one attached hydrogen (secondary N) is 1. The number of rotatable bonds is 4. The zero-order valence-corrected chi connectivity index (χ0v) is 14.1. The maximum Gasteiger partial charge on any atom is 0.188 e. The zero-order valence-electron chi connectivity index (χ0n) is 12.5. The lowest BCUT2D eigenvalue weighted by molar-refractivity contribution is 0.120. The molecule has 2 aromatic rings. The standard InChI is InChI=1S/C15H14ClFN4O2S/c16-24(22)13-3-10(17)1-2-11(13)23-12-4-18-9-20-14(12)21-7-15(8-21)5-19-6-15/h1-4,9,19H,5-8H2. The van der Waals surface area contributed by atoms with Crippen molar-refractivity contribution in [2.24, 2.45) is 5.41 Å². The van der Waals surface area contributed by atoms with Gasteiger partial charge in [-0.1, -0.05) is 0 Å². The van der Waals surface area contributed by atoms with Crippen LogP contribution in [0.2, 0.25) is 0 Å². The maximum atomic E-state index is 13.4. The second-order valence-corrected chi connectivity index (χ2v) is 7.81. The lowest BCUT2D eigenvalue weighted by Gasteiger charge is -2.56. The van der Waals surface area contributed by atoms with Crippen LogP contribution in [0, 0.1) is 11.2 Å². The van der Waals surface area contributed by atoms with Crippen molar-refractivity contribution in [1.82, 2.24) is 15.3 Å². The van der Waals surface area contributed by atoms with Gasteiger partial charge in [0.25, 0.3) is 0 Å². The van der Waals surface area contributed by atoms with Crippen molar-refractivity contribution < 1.29 is 13.3 Å². The van der Waals surface area contributed by atoms with Crippen LogP contribution in [0.25, 0.3) is 0 Å². The van der Waals surface area contributed by atoms with Crippen LogP contribution in [0.4, 0.5) is 10.2 Å². The summed E-state index contributed by atoms with van der Waals surface area (Å²) in [5.74, 6) is 0.784. The number of nitrogens with zero attached hydrogens (tertiary/aromatic N) is 3. The van der Waals surface area contributed by atoms with Gasteiger partial charge in [-0.3, -0.25) is 0 Å². The Morgan fingerprint density at radius 3 is 2.79 bits per heavy atom. The van der Waals surface area contributed by atoms with Crippen LogP contribution in [0.3, 0.4) is 0 Å². The molecule has 0 amide bonds. The van der Waals surface area contributed by atoms with Gasteiger partial charge in [0.1, 0.15) is 22.8 Å². The van der Waals surface area contributed by atoms with Crippen LogP contribution in [0.5, 0.6) is 11.5 Å². The summed E-state index contributed by atoms with van der Waals surface area (Å²) >= 11 is 0. The number of hydrogen-bond donors (Lipinski definition) is 1. The topological polar surface area (TPSA) is 67.3 Å². The third-order valence-electron chi connectivity index (χ3n) is 4.31. The Hall–Kier alpha value is -1.77. The molecule has 1 atom stereocenters. The molecule has 1 N–H and O–H groups in total. The van der Waals surface area contributed by atoms with Gasteiger partial charge in [-0.15, -0.1) is 0 Å². The highest BCUT2D eigenvalue weighted by molar-refractivity contribution is 8.08. The lowest BCUT2D eigenvalue weighted by atomic mass is 9.74. The molecule has 2 aliphatic heterocycles. The first kappa shape index (κ1) is 15.7. The number of ether oxygens (including phenoxy) is 1. The number of benzene rings is 1. The average Bonchev–Trinajstić information content (AvgIpc) is 2.47. The highest BCUT2D eigenvalue weighted by atomic mass is 35.7. The van der Waals surface area contributed by atoms with Crippen LogP contribution < -0.4 is 15.0 Å². The van der Waals surface area contributed by atoms with Crippen LogP contribution in [-0.4, -0.2) is 40.4 Å². The third kappa shape index (κ3) is 2.74. The van der Waals surface area contributed by atoms with Crippen molar-refractivity contribution in [2.75, 3.05) is 31.1 Å². The molecule has 2 saturated heterocycles. The van der Waals surface area contributed by atoms with Gasteiger partial charge in [0.05, 0.1) is 6.20 Å². The molecule has 0 radical (unpaired) electrons. The van der Waals surface area contributed by atoms with Gasteiger partial charge >= 0.3 is 0 Å². The number of halogens is 2. The molecule has 0 bridgehead atoms. The molecule has 2 aliphatic rings. The van der Waals surface area contributed by atoms with Gasteiger partial charge in [0, 0.05) is 31.6 Å². The third-order valence-corrected chi connectivity index (χ3v) is 5.47. The minimum absolute atomic E-state index is 0.0785. The fourth-order valence-electron chi connectivity index (χ4n) is 3.05. The molecule has 1 aromatic heterocycles. The van der Waals surface area contributed by atoms with E-state index in [2.05, 4.69) is 20.2 Å². The Balaban J connectivity index is 1.61. The molecule has 4 rings (SSSR count). The number of hydrogen-bond acceptors (Lipinski definition) is 6. The predicted octanol–water partition coefficient (Wildman–Crippen LogP) is 2.08. The summed E-state index contributed by atoms with van der Waals surface area (Å²) in [6.45, 7) is 3.81. The minimum Gasteiger partial charge on any atom is -0.451 e. The zero-order chi connectivity index (χ0) is 16.7. The summed E-state index contributed by atoms with van der Waals surface area (Å²) in [5, 5.41) is 3.28. The molecule has 126 valence electrons. The van der Waals surface area contributed by atoms with E-state index in [0.717, 1.165) is 32.2 Å². The van der Waals surface area contributed by atoms with E-state index in [-0.39, 0.29) is 10.6 Å². The molecular weight excluding hydrogens is 355 g/mol. The smallest absolute Gasteiger partial charge is 0.188 e. The van der Waals surface area contributed by atoms with Crippen molar-refractivity contribution in [3.05, 3.63) is 36.5 Å². The van der Waals surface area contributed by atoms with Crippen LogP contribution in [0.15, 0.2) is 35.6 Å². The molecular formula is C15H14ClFN4O2S. The number of aromatic nitrogens is 2. The average molecular weight is 369 g/mol. The molecule has 2 fully saturated rings. The van der Waals surface area contributed by atoms with Crippen molar-refractivity contribution in [3.8, 4) is 11.5 Å². The molecule has 1 unspecified atom stereocenters. The molecule has 24 heavy (non-hydrogen) atoms. The Morgan fingerprint density at radius 2 is 2.12 bits per heavy atom. The monoisotopic (exact) mass is 368 g/mol. The summed E-state index contributed by atoms with van der Waals surface area (Å²) in [4.78, 5) is 10.5. The van der Waals surface area contributed by atoms with Gasteiger partial charge in [0.15, 0.2) is 21.6 Å². The molecule has 0 aliphatic carbocycles. The second-order valence-electron chi connectivity index (χ2n) is 6.09. The maximum absolute atomic E-state index is 13.4. The molecule has 1 aromatic carbocycles. The minimum atomic E-state index is -1.89. The van der Waals surface area contributed by atoms with Gasteiger partial charge in [-0.05, 0) is 28.9 Å². The van der Waals surface area contributed by atoms with E-state index in [0.29, 0.717) is 17.0 Å². The Labute approximate surface area is 145 Å². The van der Waals surface area contributed by atoms with Crippen LogP contribution in [-0.2, 0) is 10.0 Å². The summed E-state index contributed by atoms with van der Waals surface area (Å²) in [6, 6.07) is 3.72. The molecule has 3 heterocycles. The van der Waals surface area contributed by atoms with Crippen molar-refractivity contribution >= 4 is 26.5 Å². The Kier molecular flexibility index (Phi) is 3.90. The van der Waals surface area contributed by atoms with Crippen LogP contribution >= 0.6 is 10.7 Å². The lowest BCUT2D eigenvalue weighted by Crippen LogP contribution is -2.71. The normalized spacial score (nSPS) is 19.5. The largest absolute Gasteiger partial charge is 0.451 e. The van der Waals surface area contributed by atoms with Crippen LogP contribution in [0.1, 0.15) is 0 Å². The molecule has 9 heteroatoms. The van der Waals surface area contributed by atoms with E-state index in [1.807, 2.05) is 0 Å². The van der Waals surface area contributed by atoms with Gasteiger partial charge < -0.3 is 15.0 Å². The second kappa shape index (κ2) is 5.94. The molecule has 6 nitrogen and oxygen atoms in total. The summed E-state index contributed by atoms with van der Waals surface area (Å²) in [7, 11) is 3.74. The first-order chi connectivity index (χ1) is 11.6. The summed E-state index contributed by atoms with van der Waals surface area (Å²) in [5.41, 5.74) is 0.334. The summed E-state index contributed by atoms with van der Waals surface area (Å²) in [6.07, 6.45) is 2.99. The van der Waals surface area contributed by atoms with Crippen molar-refractivity contribution in [2.45, 2.75) is 4.90 Å². The Bertz CT molecular complexity index is 810. The van der Waals surface area contributed by atoms with Crippen molar-refractivity contribution in [1.29, 1.82) is 0 Å². The van der Waals surface area contributed by atoms with E-state index in [1.54, 1.807) is 0 Å². The van der Waals surface area contributed by atoms with Gasteiger partial charge in [-0.2, -0.15) is 0 Å². The van der Waals surface area contributed by atoms with E-state index < -0.39 is 15.8 Å². The Morgan fingerprint density at radius 1 is 1.33 bits per heavy atom. The van der Waals surface area contributed by atoms with E-state index in [1.165, 1.54) is 24.7 Å². The first-order valence-corrected chi connectivity index (χ1v) is 9.35. The molecule has 0 saturated carbocycles. The van der Waals surface area contributed by atoms with Gasteiger partial charge in [-0.25, -0.2) is 18.6 Å². The van der Waals surface area contributed by atoms with E-state index >= 15 is 0 Å². The van der Waals surface area contributed by atoms with Crippen molar-refractivity contribution in [3.63, 3.8) is 0 Å².